The lowest BCUT2D eigenvalue weighted by molar-refractivity contribution is 0.478. The summed E-state index contributed by atoms with van der Waals surface area (Å²) in [5, 5.41) is 10.5. The van der Waals surface area contributed by atoms with Gasteiger partial charge in [-0.1, -0.05) is 41.5 Å². The van der Waals surface area contributed by atoms with E-state index in [0.717, 1.165) is 16.5 Å². The van der Waals surface area contributed by atoms with Crippen molar-refractivity contribution in [1.82, 2.24) is 10.2 Å². The standard InChI is InChI=1S/C12H7BrN2OS/c13-11-14-15-12(17-11)16-10-7-3-5-8-4-1-2-6-9(8)10/h1-7H. The predicted octanol–water partition coefficient (Wildman–Crippen LogP) is 4.25. The Kier molecular flexibility index (Phi) is 2.78. The zero-order valence-corrected chi connectivity index (χ0v) is 11.0. The van der Waals surface area contributed by atoms with E-state index in [1.807, 2.05) is 30.3 Å². The van der Waals surface area contributed by atoms with Crippen molar-refractivity contribution >= 4 is 38.0 Å². The molecule has 0 atom stereocenters. The van der Waals surface area contributed by atoms with Crippen LogP contribution in [0.15, 0.2) is 46.4 Å². The van der Waals surface area contributed by atoms with E-state index in [1.165, 1.54) is 11.3 Å². The van der Waals surface area contributed by atoms with Gasteiger partial charge < -0.3 is 4.74 Å². The van der Waals surface area contributed by atoms with Crippen molar-refractivity contribution in [2.45, 2.75) is 0 Å². The van der Waals surface area contributed by atoms with Gasteiger partial charge in [-0.15, -0.1) is 5.10 Å². The fraction of sp³-hybridized carbons (Fsp3) is 0. The molecule has 3 aromatic rings. The highest BCUT2D eigenvalue weighted by atomic mass is 79.9. The van der Waals surface area contributed by atoms with Crippen LogP contribution < -0.4 is 4.74 Å². The molecule has 0 N–H and O–H groups in total. The minimum atomic E-state index is 0.535. The number of rotatable bonds is 2. The van der Waals surface area contributed by atoms with Gasteiger partial charge in [0.05, 0.1) is 0 Å². The van der Waals surface area contributed by atoms with Gasteiger partial charge in [0.25, 0.3) is 5.19 Å². The Morgan fingerprint density at radius 3 is 2.65 bits per heavy atom. The number of aromatic nitrogens is 2. The number of nitrogens with zero attached hydrogens (tertiary/aromatic N) is 2. The molecule has 1 heterocycles. The van der Waals surface area contributed by atoms with Crippen LogP contribution in [0.2, 0.25) is 0 Å². The minimum absolute atomic E-state index is 0.535. The van der Waals surface area contributed by atoms with Gasteiger partial charge >= 0.3 is 0 Å². The number of fused-ring (bicyclic) bond motifs is 1. The van der Waals surface area contributed by atoms with Gasteiger partial charge in [-0.25, -0.2) is 0 Å². The first-order valence-electron chi connectivity index (χ1n) is 4.97. The van der Waals surface area contributed by atoms with Crippen molar-refractivity contribution in [3.05, 3.63) is 46.4 Å². The van der Waals surface area contributed by atoms with Crippen molar-refractivity contribution in [1.29, 1.82) is 0 Å². The molecule has 0 aliphatic carbocycles. The van der Waals surface area contributed by atoms with Gasteiger partial charge in [-0.05, 0) is 38.7 Å². The maximum atomic E-state index is 5.73. The van der Waals surface area contributed by atoms with Gasteiger partial charge in [-0.3, -0.25) is 0 Å². The highest BCUT2D eigenvalue weighted by molar-refractivity contribution is 9.11. The minimum Gasteiger partial charge on any atom is -0.429 e. The Hall–Kier alpha value is -1.46. The quantitative estimate of drug-likeness (QED) is 0.710. The summed E-state index contributed by atoms with van der Waals surface area (Å²) in [7, 11) is 0. The molecular weight excluding hydrogens is 300 g/mol. The Balaban J connectivity index is 2.05. The summed E-state index contributed by atoms with van der Waals surface area (Å²) in [6, 6.07) is 14.0. The lowest BCUT2D eigenvalue weighted by atomic mass is 10.1. The van der Waals surface area contributed by atoms with Crippen LogP contribution in [0, 0.1) is 0 Å². The molecule has 0 aliphatic rings. The lowest BCUT2D eigenvalue weighted by Crippen LogP contribution is -1.85. The SMILES string of the molecule is Brc1nnc(Oc2cccc3ccccc23)s1. The third-order valence-corrected chi connectivity index (χ3v) is 3.56. The van der Waals surface area contributed by atoms with E-state index in [1.54, 1.807) is 0 Å². The van der Waals surface area contributed by atoms with E-state index >= 15 is 0 Å². The van der Waals surface area contributed by atoms with Crippen molar-refractivity contribution in [2.75, 3.05) is 0 Å². The maximum Gasteiger partial charge on any atom is 0.300 e. The van der Waals surface area contributed by atoms with Crippen LogP contribution in [0.25, 0.3) is 10.8 Å². The maximum absolute atomic E-state index is 5.73. The number of halogens is 1. The van der Waals surface area contributed by atoms with Crippen molar-refractivity contribution in [3.63, 3.8) is 0 Å². The number of benzene rings is 2. The number of hydrogen-bond donors (Lipinski definition) is 0. The first-order valence-corrected chi connectivity index (χ1v) is 6.58. The van der Waals surface area contributed by atoms with Gasteiger partial charge in [0.2, 0.25) is 0 Å². The number of ether oxygens (including phenoxy) is 1. The van der Waals surface area contributed by atoms with E-state index in [4.69, 9.17) is 4.74 Å². The summed E-state index contributed by atoms with van der Waals surface area (Å²) >= 11 is 4.62. The highest BCUT2D eigenvalue weighted by Crippen LogP contribution is 2.32. The molecule has 0 saturated carbocycles. The second-order valence-corrected chi connectivity index (χ2v) is 5.62. The molecule has 0 amide bonds. The van der Waals surface area contributed by atoms with Crippen LogP contribution in [0.3, 0.4) is 0 Å². The molecule has 0 bridgehead atoms. The van der Waals surface area contributed by atoms with Gasteiger partial charge in [0.1, 0.15) is 5.75 Å². The zero-order valence-electron chi connectivity index (χ0n) is 8.63. The fourth-order valence-corrected chi connectivity index (χ4v) is 2.55. The Morgan fingerprint density at radius 1 is 1.00 bits per heavy atom. The fourth-order valence-electron chi connectivity index (χ4n) is 1.61. The molecule has 0 fully saturated rings. The van der Waals surface area contributed by atoms with Crippen LogP contribution in [-0.4, -0.2) is 10.2 Å². The van der Waals surface area contributed by atoms with Crippen LogP contribution in [0.1, 0.15) is 0 Å². The second-order valence-electron chi connectivity index (χ2n) is 3.40. The van der Waals surface area contributed by atoms with Crippen molar-refractivity contribution in [2.24, 2.45) is 0 Å². The van der Waals surface area contributed by atoms with Crippen LogP contribution >= 0.6 is 27.3 Å². The van der Waals surface area contributed by atoms with Crippen LogP contribution in [0.5, 0.6) is 10.9 Å². The second kappa shape index (κ2) is 4.43. The van der Waals surface area contributed by atoms with Crippen molar-refractivity contribution < 1.29 is 4.74 Å². The predicted molar refractivity (Wildman–Crippen MR) is 71.6 cm³/mol. The van der Waals surface area contributed by atoms with E-state index in [0.29, 0.717) is 9.11 Å². The van der Waals surface area contributed by atoms with Crippen molar-refractivity contribution in [3.8, 4) is 10.9 Å². The molecule has 0 aliphatic heterocycles. The summed E-state index contributed by atoms with van der Waals surface area (Å²) < 4.78 is 6.44. The van der Waals surface area contributed by atoms with Gasteiger partial charge in [0, 0.05) is 5.39 Å². The Bertz CT molecular complexity index is 663. The molecule has 3 rings (SSSR count). The summed E-state index contributed by atoms with van der Waals surface area (Å²) in [5.41, 5.74) is 0. The molecular formula is C12H7BrN2OS. The van der Waals surface area contributed by atoms with E-state index < -0.39 is 0 Å². The van der Waals surface area contributed by atoms with Gasteiger partial charge in [0.15, 0.2) is 3.92 Å². The Labute approximate surface area is 110 Å². The molecule has 5 heteroatoms. The summed E-state index contributed by atoms with van der Waals surface area (Å²) in [5.74, 6) is 0.798. The normalized spacial score (nSPS) is 10.6. The third-order valence-electron chi connectivity index (χ3n) is 2.33. The van der Waals surface area contributed by atoms with E-state index in [-0.39, 0.29) is 0 Å². The summed E-state index contributed by atoms with van der Waals surface area (Å²) in [6.45, 7) is 0. The molecule has 84 valence electrons. The average Bonchev–Trinajstić information content (AvgIpc) is 2.75. The van der Waals surface area contributed by atoms with Crippen LogP contribution in [-0.2, 0) is 0 Å². The molecule has 0 radical (unpaired) electrons. The molecule has 3 nitrogen and oxygen atoms in total. The largest absolute Gasteiger partial charge is 0.429 e. The highest BCUT2D eigenvalue weighted by Gasteiger charge is 2.06. The summed E-state index contributed by atoms with van der Waals surface area (Å²) in [6.07, 6.45) is 0. The zero-order chi connectivity index (χ0) is 11.7. The topological polar surface area (TPSA) is 35.0 Å². The molecule has 2 aromatic carbocycles. The lowest BCUT2D eigenvalue weighted by Gasteiger charge is -2.05. The average molecular weight is 307 g/mol. The molecule has 0 saturated heterocycles. The van der Waals surface area contributed by atoms with Gasteiger partial charge in [-0.2, -0.15) is 0 Å². The Morgan fingerprint density at radius 2 is 1.82 bits per heavy atom. The first kappa shape index (κ1) is 10.7. The number of hydrogen-bond acceptors (Lipinski definition) is 4. The molecule has 0 spiro atoms. The third kappa shape index (κ3) is 2.16. The first-order chi connectivity index (χ1) is 8.33. The molecule has 1 aromatic heterocycles. The molecule has 0 unspecified atom stereocenters. The molecule has 17 heavy (non-hydrogen) atoms. The van der Waals surface area contributed by atoms with E-state index in [2.05, 4.69) is 38.3 Å². The monoisotopic (exact) mass is 306 g/mol. The van der Waals surface area contributed by atoms with E-state index in [9.17, 15) is 0 Å². The smallest absolute Gasteiger partial charge is 0.300 e. The summed E-state index contributed by atoms with van der Waals surface area (Å²) in [4.78, 5) is 0. The van der Waals surface area contributed by atoms with Crippen LogP contribution in [0.4, 0.5) is 0 Å².